The van der Waals surface area contributed by atoms with E-state index < -0.39 is 6.10 Å². The molecule has 1 aromatic carbocycles. The minimum atomic E-state index is -0.408. The first kappa shape index (κ1) is 16.0. The van der Waals surface area contributed by atoms with E-state index in [4.69, 9.17) is 4.74 Å². The van der Waals surface area contributed by atoms with Gasteiger partial charge in [0.1, 0.15) is 6.10 Å². The molecule has 0 spiro atoms. The van der Waals surface area contributed by atoms with Crippen molar-refractivity contribution < 1.29 is 9.53 Å². The lowest BCUT2D eigenvalue weighted by molar-refractivity contribution is -0.128. The van der Waals surface area contributed by atoms with Gasteiger partial charge in [-0.15, -0.1) is 23.7 Å². The van der Waals surface area contributed by atoms with Crippen molar-refractivity contribution in [1.29, 1.82) is 0 Å². The number of amides is 1. The molecular formula is C15H17ClN2O2S. The van der Waals surface area contributed by atoms with Gasteiger partial charge < -0.3 is 15.4 Å². The van der Waals surface area contributed by atoms with Gasteiger partial charge in [-0.2, -0.15) is 0 Å². The van der Waals surface area contributed by atoms with E-state index in [0.29, 0.717) is 13.2 Å². The van der Waals surface area contributed by atoms with Crippen molar-refractivity contribution in [2.24, 2.45) is 0 Å². The molecule has 2 heterocycles. The van der Waals surface area contributed by atoms with Gasteiger partial charge in [0.05, 0.1) is 6.61 Å². The smallest absolute Gasteiger partial charge is 0.254 e. The minimum absolute atomic E-state index is 0. The fourth-order valence-electron chi connectivity index (χ4n) is 2.15. The van der Waals surface area contributed by atoms with Gasteiger partial charge in [0.15, 0.2) is 0 Å². The second-order valence-electron chi connectivity index (χ2n) is 4.61. The Labute approximate surface area is 133 Å². The third-order valence-corrected chi connectivity index (χ3v) is 4.07. The lowest BCUT2D eigenvalue weighted by atomic mass is 10.1. The molecule has 2 N–H and O–H groups in total. The van der Waals surface area contributed by atoms with E-state index in [2.05, 4.69) is 16.7 Å². The molecule has 112 valence electrons. The Bertz CT molecular complexity index is 583. The van der Waals surface area contributed by atoms with E-state index in [1.807, 2.05) is 35.7 Å². The van der Waals surface area contributed by atoms with E-state index in [0.717, 1.165) is 17.8 Å². The summed E-state index contributed by atoms with van der Waals surface area (Å²) in [5.41, 5.74) is 1.91. The summed E-state index contributed by atoms with van der Waals surface area (Å²) in [4.78, 5) is 13.3. The Morgan fingerprint density at radius 1 is 1.33 bits per heavy atom. The number of carbonyl (C=O) groups is 1. The summed E-state index contributed by atoms with van der Waals surface area (Å²) in [5.74, 6) is -0.0967. The van der Waals surface area contributed by atoms with Crippen molar-refractivity contribution in [1.82, 2.24) is 5.32 Å². The molecule has 6 heteroatoms. The van der Waals surface area contributed by atoms with Gasteiger partial charge in [-0.25, -0.2) is 0 Å². The SMILES string of the molecule is Cl.O=C(Nc1cccc(-c2cccs2)c1)[C@H]1CNCCO1. The first-order valence-corrected chi connectivity index (χ1v) is 7.48. The Kier molecular flexibility index (Phi) is 5.76. The molecule has 3 rings (SSSR count). The molecule has 1 saturated heterocycles. The lowest BCUT2D eigenvalue weighted by Crippen LogP contribution is -2.45. The summed E-state index contributed by atoms with van der Waals surface area (Å²) in [6.45, 7) is 1.95. The van der Waals surface area contributed by atoms with Crippen LogP contribution in [0, 0.1) is 0 Å². The number of nitrogens with one attached hydrogen (secondary N) is 2. The number of carbonyl (C=O) groups excluding carboxylic acids is 1. The largest absolute Gasteiger partial charge is 0.366 e. The van der Waals surface area contributed by atoms with Gasteiger partial charge in [-0.1, -0.05) is 18.2 Å². The Morgan fingerprint density at radius 2 is 2.24 bits per heavy atom. The summed E-state index contributed by atoms with van der Waals surface area (Å²) in [5, 5.41) is 8.11. The van der Waals surface area contributed by atoms with Gasteiger partial charge in [0.25, 0.3) is 5.91 Å². The molecule has 1 fully saturated rings. The zero-order chi connectivity index (χ0) is 13.8. The fraction of sp³-hybridized carbons (Fsp3) is 0.267. The first-order valence-electron chi connectivity index (χ1n) is 6.60. The summed E-state index contributed by atoms with van der Waals surface area (Å²) in [6, 6.07) is 12.0. The van der Waals surface area contributed by atoms with E-state index in [9.17, 15) is 4.79 Å². The van der Waals surface area contributed by atoms with Gasteiger partial charge in [0.2, 0.25) is 0 Å². The summed E-state index contributed by atoms with van der Waals surface area (Å²) in [6.07, 6.45) is -0.408. The highest BCUT2D eigenvalue weighted by molar-refractivity contribution is 7.13. The molecule has 1 aliphatic heterocycles. The van der Waals surface area contributed by atoms with Crippen LogP contribution in [-0.4, -0.2) is 31.7 Å². The van der Waals surface area contributed by atoms with Crippen LogP contribution in [0.2, 0.25) is 0 Å². The molecule has 1 amide bonds. The highest BCUT2D eigenvalue weighted by atomic mass is 35.5. The predicted octanol–water partition coefficient (Wildman–Crippen LogP) is 2.76. The van der Waals surface area contributed by atoms with Gasteiger partial charge in [-0.05, 0) is 29.1 Å². The van der Waals surface area contributed by atoms with E-state index >= 15 is 0 Å². The second-order valence-corrected chi connectivity index (χ2v) is 5.56. The standard InChI is InChI=1S/C15H16N2O2S.ClH/c18-15(13-10-16-6-7-19-13)17-12-4-1-3-11(9-12)14-5-2-8-20-14;/h1-5,8-9,13,16H,6-7,10H2,(H,17,18);1H/t13-;/m1./s1. The van der Waals surface area contributed by atoms with Crippen molar-refractivity contribution >= 4 is 35.3 Å². The van der Waals surface area contributed by atoms with Gasteiger partial charge >= 0.3 is 0 Å². The molecule has 0 saturated carbocycles. The van der Waals surface area contributed by atoms with Crippen LogP contribution >= 0.6 is 23.7 Å². The van der Waals surface area contributed by atoms with E-state index in [1.54, 1.807) is 11.3 Å². The van der Waals surface area contributed by atoms with Crippen molar-refractivity contribution in [3.8, 4) is 10.4 Å². The van der Waals surface area contributed by atoms with Crippen LogP contribution in [0.5, 0.6) is 0 Å². The van der Waals surface area contributed by atoms with E-state index in [-0.39, 0.29) is 18.3 Å². The number of morpholine rings is 1. The molecule has 1 aliphatic rings. The molecule has 4 nitrogen and oxygen atoms in total. The molecule has 0 unspecified atom stereocenters. The van der Waals surface area contributed by atoms with Crippen LogP contribution in [0.4, 0.5) is 5.69 Å². The van der Waals surface area contributed by atoms with Crippen LogP contribution in [0.3, 0.4) is 0 Å². The van der Waals surface area contributed by atoms with Crippen LogP contribution in [-0.2, 0) is 9.53 Å². The molecule has 2 aromatic rings. The fourth-order valence-corrected chi connectivity index (χ4v) is 2.87. The number of ether oxygens (including phenoxy) is 1. The number of hydrogen-bond acceptors (Lipinski definition) is 4. The van der Waals surface area contributed by atoms with Gasteiger partial charge in [-0.3, -0.25) is 4.79 Å². The van der Waals surface area contributed by atoms with Crippen molar-refractivity contribution in [2.45, 2.75) is 6.10 Å². The van der Waals surface area contributed by atoms with Crippen LogP contribution in [0.15, 0.2) is 41.8 Å². The second kappa shape index (κ2) is 7.56. The third kappa shape index (κ3) is 4.04. The zero-order valence-electron chi connectivity index (χ0n) is 11.4. The molecular weight excluding hydrogens is 308 g/mol. The maximum absolute atomic E-state index is 12.1. The number of halogens is 1. The summed E-state index contributed by atoms with van der Waals surface area (Å²) < 4.78 is 5.44. The van der Waals surface area contributed by atoms with Crippen molar-refractivity contribution in [3.63, 3.8) is 0 Å². The van der Waals surface area contributed by atoms with Crippen LogP contribution in [0.1, 0.15) is 0 Å². The number of rotatable bonds is 3. The highest BCUT2D eigenvalue weighted by Crippen LogP contribution is 2.26. The number of anilines is 1. The average molecular weight is 325 g/mol. The molecule has 0 bridgehead atoms. The number of thiophene rings is 1. The zero-order valence-corrected chi connectivity index (χ0v) is 13.0. The topological polar surface area (TPSA) is 50.4 Å². The van der Waals surface area contributed by atoms with E-state index in [1.165, 1.54) is 4.88 Å². The average Bonchev–Trinajstić information content (AvgIpc) is 3.03. The summed E-state index contributed by atoms with van der Waals surface area (Å²) >= 11 is 1.68. The van der Waals surface area contributed by atoms with Crippen molar-refractivity contribution in [2.75, 3.05) is 25.0 Å². The highest BCUT2D eigenvalue weighted by Gasteiger charge is 2.21. The minimum Gasteiger partial charge on any atom is -0.366 e. The quantitative estimate of drug-likeness (QED) is 0.912. The molecule has 21 heavy (non-hydrogen) atoms. The molecule has 0 radical (unpaired) electrons. The third-order valence-electron chi connectivity index (χ3n) is 3.16. The maximum Gasteiger partial charge on any atom is 0.254 e. The predicted molar refractivity (Wildman–Crippen MR) is 88.2 cm³/mol. The Balaban J connectivity index is 0.00000161. The van der Waals surface area contributed by atoms with Gasteiger partial charge in [0, 0.05) is 23.7 Å². The van der Waals surface area contributed by atoms with Crippen LogP contribution < -0.4 is 10.6 Å². The lowest BCUT2D eigenvalue weighted by Gasteiger charge is -2.22. The summed E-state index contributed by atoms with van der Waals surface area (Å²) in [7, 11) is 0. The Hall–Kier alpha value is -1.40. The molecule has 1 aromatic heterocycles. The maximum atomic E-state index is 12.1. The van der Waals surface area contributed by atoms with Crippen LogP contribution in [0.25, 0.3) is 10.4 Å². The molecule has 0 aliphatic carbocycles. The molecule has 1 atom stereocenters. The Morgan fingerprint density at radius 3 is 2.95 bits per heavy atom. The monoisotopic (exact) mass is 324 g/mol. The normalized spacial score (nSPS) is 17.8. The first-order chi connectivity index (χ1) is 9.83. The number of hydrogen-bond donors (Lipinski definition) is 2. The number of benzene rings is 1. The van der Waals surface area contributed by atoms with Crippen molar-refractivity contribution in [3.05, 3.63) is 41.8 Å².